The molecule has 0 aromatic heterocycles. The minimum absolute atomic E-state index is 0.00692. The average Bonchev–Trinajstić information content (AvgIpc) is 3.27. The van der Waals surface area contributed by atoms with Crippen molar-refractivity contribution >= 4 is 11.9 Å². The quantitative estimate of drug-likeness (QED) is 0.0418. The smallest absolute Gasteiger partial charge is 0.305 e. The Morgan fingerprint density at radius 3 is 0.984 bits per heavy atom. The molecular formula is C56H111NO5. The van der Waals surface area contributed by atoms with Gasteiger partial charge in [0.15, 0.2) is 0 Å². The van der Waals surface area contributed by atoms with E-state index in [2.05, 4.69) is 19.2 Å². The van der Waals surface area contributed by atoms with E-state index in [9.17, 15) is 19.8 Å². The summed E-state index contributed by atoms with van der Waals surface area (Å²) in [6, 6.07) is -0.544. The Morgan fingerprint density at radius 2 is 0.661 bits per heavy atom. The molecule has 6 heteroatoms. The molecule has 1 amide bonds. The number of nitrogens with one attached hydrogen (secondary N) is 1. The molecule has 2 atom stereocenters. The molecule has 0 fully saturated rings. The number of rotatable bonds is 53. The first-order valence-corrected chi connectivity index (χ1v) is 28.3. The first-order valence-electron chi connectivity index (χ1n) is 28.3. The van der Waals surface area contributed by atoms with Crippen LogP contribution in [0.2, 0.25) is 0 Å². The largest absolute Gasteiger partial charge is 0.466 e. The molecule has 0 spiro atoms. The Labute approximate surface area is 387 Å². The summed E-state index contributed by atoms with van der Waals surface area (Å²) in [6.45, 7) is 4.96. The molecule has 0 saturated heterocycles. The van der Waals surface area contributed by atoms with E-state index in [0.717, 1.165) is 38.5 Å². The van der Waals surface area contributed by atoms with Crippen LogP contribution >= 0.6 is 0 Å². The van der Waals surface area contributed by atoms with E-state index in [1.807, 2.05) is 0 Å². The van der Waals surface area contributed by atoms with Crippen molar-refractivity contribution in [3.8, 4) is 0 Å². The number of amides is 1. The third-order valence-electron chi connectivity index (χ3n) is 13.4. The predicted molar refractivity (Wildman–Crippen MR) is 269 cm³/mol. The number of hydrogen-bond acceptors (Lipinski definition) is 5. The number of aliphatic hydroxyl groups is 2. The molecule has 0 radical (unpaired) electrons. The summed E-state index contributed by atoms with van der Waals surface area (Å²) in [7, 11) is 0. The minimum Gasteiger partial charge on any atom is -0.466 e. The highest BCUT2D eigenvalue weighted by Crippen LogP contribution is 2.18. The monoisotopic (exact) mass is 878 g/mol. The molecular weight excluding hydrogens is 767 g/mol. The van der Waals surface area contributed by atoms with Gasteiger partial charge in [-0.15, -0.1) is 0 Å². The van der Waals surface area contributed by atoms with Crippen molar-refractivity contribution in [2.75, 3.05) is 13.2 Å². The third kappa shape index (κ3) is 48.3. The summed E-state index contributed by atoms with van der Waals surface area (Å²) in [4.78, 5) is 24.5. The summed E-state index contributed by atoms with van der Waals surface area (Å²) in [5.74, 6) is -0.0304. The Kier molecular flexibility index (Phi) is 51.5. The number of unbranched alkanes of at least 4 members (excludes halogenated alkanes) is 42. The first kappa shape index (κ1) is 60.9. The molecule has 2 unspecified atom stereocenters. The predicted octanol–water partition coefficient (Wildman–Crippen LogP) is 17.1. The first-order chi connectivity index (χ1) is 30.5. The Morgan fingerprint density at radius 1 is 0.387 bits per heavy atom. The van der Waals surface area contributed by atoms with Gasteiger partial charge in [-0.1, -0.05) is 284 Å². The second kappa shape index (κ2) is 52.5. The second-order valence-corrected chi connectivity index (χ2v) is 19.6. The Balaban J connectivity index is 3.41. The fraction of sp³-hybridized carbons (Fsp3) is 0.964. The van der Waals surface area contributed by atoms with Gasteiger partial charge in [0.1, 0.15) is 0 Å². The van der Waals surface area contributed by atoms with Gasteiger partial charge < -0.3 is 20.3 Å². The van der Waals surface area contributed by atoms with Crippen molar-refractivity contribution < 1.29 is 24.5 Å². The molecule has 0 aliphatic carbocycles. The van der Waals surface area contributed by atoms with Crippen LogP contribution in [0.3, 0.4) is 0 Å². The normalized spacial score (nSPS) is 12.5. The zero-order valence-electron chi connectivity index (χ0n) is 42.1. The lowest BCUT2D eigenvalue weighted by molar-refractivity contribution is -0.143. The van der Waals surface area contributed by atoms with Crippen molar-refractivity contribution in [2.24, 2.45) is 0 Å². The van der Waals surface area contributed by atoms with E-state index in [1.54, 1.807) is 0 Å². The van der Waals surface area contributed by atoms with Gasteiger partial charge in [0.05, 0.1) is 25.4 Å². The van der Waals surface area contributed by atoms with Gasteiger partial charge >= 0.3 is 5.97 Å². The van der Waals surface area contributed by atoms with E-state index >= 15 is 0 Å². The fourth-order valence-electron chi connectivity index (χ4n) is 9.05. The second-order valence-electron chi connectivity index (χ2n) is 19.6. The number of aliphatic hydroxyl groups excluding tert-OH is 2. The van der Waals surface area contributed by atoms with Gasteiger partial charge in [-0.05, 0) is 25.7 Å². The van der Waals surface area contributed by atoms with Gasteiger partial charge in [-0.2, -0.15) is 0 Å². The fourth-order valence-corrected chi connectivity index (χ4v) is 9.05. The standard InChI is InChI=1S/C56H111NO5/c1-3-5-7-9-11-13-15-17-18-22-25-28-32-36-40-44-48-54(59)53(52-58)57-55(60)49-45-41-37-33-29-26-23-20-19-21-24-27-31-35-39-43-47-51-62-56(61)50-46-42-38-34-30-16-14-12-10-8-6-4-2/h53-54,58-59H,3-52H2,1-2H3,(H,57,60). The summed E-state index contributed by atoms with van der Waals surface area (Å²) in [5, 5.41) is 23.3. The average molecular weight is 879 g/mol. The van der Waals surface area contributed by atoms with Crippen molar-refractivity contribution in [2.45, 2.75) is 334 Å². The lowest BCUT2D eigenvalue weighted by Crippen LogP contribution is -2.45. The third-order valence-corrected chi connectivity index (χ3v) is 13.4. The van der Waals surface area contributed by atoms with Gasteiger partial charge in [-0.25, -0.2) is 0 Å². The molecule has 0 saturated carbocycles. The summed E-state index contributed by atoms with van der Waals surface area (Å²) in [5.41, 5.74) is 0. The van der Waals surface area contributed by atoms with Crippen LogP contribution in [0.15, 0.2) is 0 Å². The molecule has 0 heterocycles. The lowest BCUT2D eigenvalue weighted by atomic mass is 10.0. The molecule has 0 bridgehead atoms. The van der Waals surface area contributed by atoms with Crippen LogP contribution in [0.4, 0.5) is 0 Å². The molecule has 370 valence electrons. The van der Waals surface area contributed by atoms with Crippen LogP contribution in [0.1, 0.15) is 322 Å². The van der Waals surface area contributed by atoms with Gasteiger partial charge in [0.25, 0.3) is 0 Å². The topological polar surface area (TPSA) is 95.9 Å². The zero-order valence-corrected chi connectivity index (χ0v) is 42.1. The summed E-state index contributed by atoms with van der Waals surface area (Å²) < 4.78 is 5.47. The van der Waals surface area contributed by atoms with Crippen molar-refractivity contribution in [3.05, 3.63) is 0 Å². The van der Waals surface area contributed by atoms with Crippen molar-refractivity contribution in [3.63, 3.8) is 0 Å². The Hall–Kier alpha value is -1.14. The van der Waals surface area contributed by atoms with Crippen LogP contribution < -0.4 is 5.32 Å². The maximum absolute atomic E-state index is 12.5. The zero-order chi connectivity index (χ0) is 45.1. The van der Waals surface area contributed by atoms with E-state index in [1.165, 1.54) is 250 Å². The molecule has 62 heavy (non-hydrogen) atoms. The van der Waals surface area contributed by atoms with Crippen LogP contribution in [-0.2, 0) is 14.3 Å². The molecule has 3 N–H and O–H groups in total. The summed E-state index contributed by atoms with van der Waals surface area (Å²) in [6.07, 6.45) is 59.4. The van der Waals surface area contributed by atoms with Crippen LogP contribution in [0.25, 0.3) is 0 Å². The number of carbonyl (C=O) groups excluding carboxylic acids is 2. The van der Waals surface area contributed by atoms with Crippen LogP contribution in [-0.4, -0.2) is 47.4 Å². The highest BCUT2D eigenvalue weighted by molar-refractivity contribution is 5.76. The van der Waals surface area contributed by atoms with Crippen LogP contribution in [0.5, 0.6) is 0 Å². The van der Waals surface area contributed by atoms with Gasteiger partial charge in [0.2, 0.25) is 5.91 Å². The van der Waals surface area contributed by atoms with Crippen LogP contribution in [0, 0.1) is 0 Å². The molecule has 6 nitrogen and oxygen atoms in total. The number of carbonyl (C=O) groups is 2. The van der Waals surface area contributed by atoms with Crippen molar-refractivity contribution in [1.29, 1.82) is 0 Å². The van der Waals surface area contributed by atoms with Crippen molar-refractivity contribution in [1.82, 2.24) is 5.32 Å². The number of esters is 1. The molecule has 0 aromatic carbocycles. The maximum Gasteiger partial charge on any atom is 0.305 e. The Bertz CT molecular complexity index is 882. The van der Waals surface area contributed by atoms with E-state index in [-0.39, 0.29) is 18.5 Å². The lowest BCUT2D eigenvalue weighted by Gasteiger charge is -2.22. The maximum atomic E-state index is 12.5. The van der Waals surface area contributed by atoms with E-state index < -0.39 is 12.1 Å². The molecule has 0 aliphatic rings. The highest BCUT2D eigenvalue weighted by atomic mass is 16.5. The minimum atomic E-state index is -0.666. The van der Waals surface area contributed by atoms with Gasteiger partial charge in [0, 0.05) is 12.8 Å². The molecule has 0 rings (SSSR count). The summed E-state index contributed by atoms with van der Waals surface area (Å²) >= 11 is 0. The molecule has 0 aromatic rings. The SMILES string of the molecule is CCCCCCCCCCCCCCCCCCC(O)C(CO)NC(=O)CCCCCCCCCCCCCCCCCCCOC(=O)CCCCCCCCCCCCCC. The highest BCUT2D eigenvalue weighted by Gasteiger charge is 2.20. The molecule has 0 aliphatic heterocycles. The number of hydrogen-bond donors (Lipinski definition) is 3. The van der Waals surface area contributed by atoms with E-state index in [4.69, 9.17) is 4.74 Å². The van der Waals surface area contributed by atoms with E-state index in [0.29, 0.717) is 25.9 Å². The number of ether oxygens (including phenoxy) is 1. The van der Waals surface area contributed by atoms with Gasteiger partial charge in [-0.3, -0.25) is 9.59 Å².